The lowest BCUT2D eigenvalue weighted by Crippen LogP contribution is -2.17. The number of pyridine rings is 1. The number of nitrogens with zero attached hydrogens (tertiary/aromatic N) is 4. The molecule has 0 aliphatic rings. The van der Waals surface area contributed by atoms with Crippen LogP contribution in [0.5, 0.6) is 5.75 Å². The van der Waals surface area contributed by atoms with Crippen molar-refractivity contribution in [1.29, 1.82) is 0 Å². The van der Waals surface area contributed by atoms with Crippen molar-refractivity contribution >= 4 is 17.2 Å². The highest BCUT2D eigenvalue weighted by Gasteiger charge is 2.31. The Balaban J connectivity index is 1.59. The van der Waals surface area contributed by atoms with Gasteiger partial charge in [0.1, 0.15) is 17.1 Å². The summed E-state index contributed by atoms with van der Waals surface area (Å²) in [6.45, 7) is 1.97. The SMILES string of the molecule is CCc1nc2ccc(Cl)cn2c1-c1nc(Cc2ccc(OC(F)(F)F)cc2)no1. The van der Waals surface area contributed by atoms with Gasteiger partial charge in [0.15, 0.2) is 5.82 Å². The zero-order valence-corrected chi connectivity index (χ0v) is 15.8. The van der Waals surface area contributed by atoms with Gasteiger partial charge in [-0.05, 0) is 36.2 Å². The second kappa shape index (κ2) is 7.40. The summed E-state index contributed by atoms with van der Waals surface area (Å²) in [5.41, 5.74) is 2.87. The Kier molecular flexibility index (Phi) is 4.91. The van der Waals surface area contributed by atoms with E-state index in [0.717, 1.165) is 5.69 Å². The molecule has 0 aliphatic heterocycles. The van der Waals surface area contributed by atoms with Crippen LogP contribution in [0.2, 0.25) is 5.02 Å². The number of imidazole rings is 1. The van der Waals surface area contributed by atoms with Crippen LogP contribution in [0, 0.1) is 0 Å². The molecule has 0 amide bonds. The molecule has 3 heterocycles. The summed E-state index contributed by atoms with van der Waals surface area (Å²) in [4.78, 5) is 8.98. The fraction of sp³-hybridized carbons (Fsp3) is 0.211. The molecular formula is C19H14ClF3N4O2. The first-order chi connectivity index (χ1) is 13.8. The fourth-order valence-electron chi connectivity index (χ4n) is 2.95. The lowest BCUT2D eigenvalue weighted by molar-refractivity contribution is -0.274. The Labute approximate surface area is 167 Å². The van der Waals surface area contributed by atoms with Gasteiger partial charge in [0.2, 0.25) is 0 Å². The zero-order valence-electron chi connectivity index (χ0n) is 15.1. The van der Waals surface area contributed by atoms with E-state index in [1.807, 2.05) is 6.92 Å². The van der Waals surface area contributed by atoms with E-state index in [9.17, 15) is 13.2 Å². The van der Waals surface area contributed by atoms with E-state index in [1.54, 1.807) is 22.7 Å². The van der Waals surface area contributed by atoms with Crippen LogP contribution in [-0.4, -0.2) is 25.9 Å². The number of halogens is 4. The summed E-state index contributed by atoms with van der Waals surface area (Å²) in [6.07, 6.45) is -2.05. The monoisotopic (exact) mass is 422 g/mol. The van der Waals surface area contributed by atoms with Crippen LogP contribution in [0.25, 0.3) is 17.2 Å². The summed E-state index contributed by atoms with van der Waals surface area (Å²) in [6, 6.07) is 9.06. The van der Waals surface area contributed by atoms with E-state index >= 15 is 0 Å². The van der Waals surface area contributed by atoms with Gasteiger partial charge in [-0.25, -0.2) is 4.98 Å². The van der Waals surface area contributed by atoms with Crippen molar-refractivity contribution in [3.05, 3.63) is 64.7 Å². The first kappa shape index (κ1) is 19.3. The second-order valence-electron chi connectivity index (χ2n) is 6.22. The molecule has 0 N–H and O–H groups in total. The summed E-state index contributed by atoms with van der Waals surface area (Å²) in [7, 11) is 0. The lowest BCUT2D eigenvalue weighted by Gasteiger charge is -2.08. The Bertz CT molecular complexity index is 1150. The van der Waals surface area contributed by atoms with Crippen LogP contribution in [-0.2, 0) is 12.8 Å². The second-order valence-corrected chi connectivity index (χ2v) is 6.66. The molecule has 0 saturated carbocycles. The molecule has 0 spiro atoms. The molecule has 0 unspecified atom stereocenters. The number of rotatable bonds is 5. The molecular weight excluding hydrogens is 409 g/mol. The molecule has 10 heteroatoms. The third kappa shape index (κ3) is 4.19. The normalized spacial score (nSPS) is 11.9. The summed E-state index contributed by atoms with van der Waals surface area (Å²) >= 11 is 6.10. The highest BCUT2D eigenvalue weighted by molar-refractivity contribution is 6.30. The standard InChI is InChI=1S/C19H14ClF3N4O2/c1-2-14-17(27-10-12(20)5-8-16(27)24-14)18-25-15(26-29-18)9-11-3-6-13(7-4-11)28-19(21,22)23/h3-8,10H,2,9H2,1H3. The molecule has 1 aromatic carbocycles. The first-order valence-corrected chi connectivity index (χ1v) is 9.04. The van der Waals surface area contributed by atoms with Gasteiger partial charge in [0.05, 0.1) is 10.7 Å². The number of fused-ring (bicyclic) bond motifs is 1. The van der Waals surface area contributed by atoms with Crippen molar-refractivity contribution in [2.24, 2.45) is 0 Å². The highest BCUT2D eigenvalue weighted by atomic mass is 35.5. The van der Waals surface area contributed by atoms with E-state index < -0.39 is 6.36 Å². The predicted molar refractivity (Wildman–Crippen MR) is 98.8 cm³/mol. The minimum absolute atomic E-state index is 0.286. The largest absolute Gasteiger partial charge is 0.573 e. The van der Waals surface area contributed by atoms with Gasteiger partial charge in [-0.2, -0.15) is 4.98 Å². The van der Waals surface area contributed by atoms with Crippen molar-refractivity contribution < 1.29 is 22.4 Å². The molecule has 29 heavy (non-hydrogen) atoms. The molecule has 3 aromatic heterocycles. The van der Waals surface area contributed by atoms with Gasteiger partial charge in [-0.15, -0.1) is 13.2 Å². The average Bonchev–Trinajstić information content (AvgIpc) is 3.25. The van der Waals surface area contributed by atoms with E-state index in [0.29, 0.717) is 40.1 Å². The minimum atomic E-state index is -4.72. The third-order valence-electron chi connectivity index (χ3n) is 4.18. The number of ether oxygens (including phenoxy) is 1. The van der Waals surface area contributed by atoms with Gasteiger partial charge in [0, 0.05) is 12.6 Å². The Morgan fingerprint density at radius 1 is 1.10 bits per heavy atom. The van der Waals surface area contributed by atoms with Crippen molar-refractivity contribution in [1.82, 2.24) is 19.5 Å². The number of hydrogen-bond donors (Lipinski definition) is 0. The Hall–Kier alpha value is -3.07. The van der Waals surface area contributed by atoms with E-state index in [4.69, 9.17) is 16.1 Å². The molecule has 0 atom stereocenters. The maximum atomic E-state index is 12.3. The Morgan fingerprint density at radius 2 is 1.86 bits per heavy atom. The maximum absolute atomic E-state index is 12.3. The van der Waals surface area contributed by atoms with Gasteiger partial charge in [0.25, 0.3) is 5.89 Å². The molecule has 0 saturated heterocycles. The fourth-order valence-corrected chi connectivity index (χ4v) is 3.11. The van der Waals surface area contributed by atoms with Gasteiger partial charge in [-0.1, -0.05) is 35.8 Å². The van der Waals surface area contributed by atoms with Crippen molar-refractivity contribution in [3.8, 4) is 17.3 Å². The van der Waals surface area contributed by atoms with Crippen LogP contribution < -0.4 is 4.74 Å². The van der Waals surface area contributed by atoms with Gasteiger partial charge in [-0.3, -0.25) is 4.40 Å². The molecule has 6 nitrogen and oxygen atoms in total. The number of benzene rings is 1. The zero-order chi connectivity index (χ0) is 20.6. The van der Waals surface area contributed by atoms with Crippen LogP contribution in [0.15, 0.2) is 47.1 Å². The molecule has 0 radical (unpaired) electrons. The van der Waals surface area contributed by atoms with Crippen molar-refractivity contribution in [2.75, 3.05) is 0 Å². The topological polar surface area (TPSA) is 65.5 Å². The van der Waals surface area contributed by atoms with Crippen LogP contribution in [0.4, 0.5) is 13.2 Å². The van der Waals surface area contributed by atoms with E-state index in [-0.39, 0.29) is 12.2 Å². The van der Waals surface area contributed by atoms with E-state index in [2.05, 4.69) is 19.9 Å². The summed E-state index contributed by atoms with van der Waals surface area (Å²) < 4.78 is 47.8. The maximum Gasteiger partial charge on any atom is 0.573 e. The molecule has 4 rings (SSSR count). The number of hydrogen-bond acceptors (Lipinski definition) is 5. The molecule has 0 aliphatic carbocycles. The van der Waals surface area contributed by atoms with Crippen LogP contribution >= 0.6 is 11.6 Å². The summed E-state index contributed by atoms with van der Waals surface area (Å²) in [5, 5.41) is 4.52. The van der Waals surface area contributed by atoms with Crippen molar-refractivity contribution in [2.45, 2.75) is 26.1 Å². The first-order valence-electron chi connectivity index (χ1n) is 8.66. The van der Waals surface area contributed by atoms with Crippen LogP contribution in [0.1, 0.15) is 24.0 Å². The van der Waals surface area contributed by atoms with Gasteiger partial charge < -0.3 is 9.26 Å². The molecule has 0 fully saturated rings. The predicted octanol–water partition coefficient (Wildman–Crippen LogP) is 5.09. The van der Waals surface area contributed by atoms with Crippen molar-refractivity contribution in [3.63, 3.8) is 0 Å². The number of aryl methyl sites for hydroxylation is 1. The van der Waals surface area contributed by atoms with Crippen LogP contribution in [0.3, 0.4) is 0 Å². The number of alkyl halides is 3. The molecule has 150 valence electrons. The average molecular weight is 423 g/mol. The highest BCUT2D eigenvalue weighted by Crippen LogP contribution is 2.27. The smallest absolute Gasteiger partial charge is 0.406 e. The molecule has 4 aromatic rings. The summed E-state index contributed by atoms with van der Waals surface area (Å²) in [5.74, 6) is 0.400. The third-order valence-corrected chi connectivity index (χ3v) is 4.40. The molecule has 0 bridgehead atoms. The number of aromatic nitrogens is 4. The van der Waals surface area contributed by atoms with Gasteiger partial charge >= 0.3 is 6.36 Å². The minimum Gasteiger partial charge on any atom is -0.406 e. The quantitative estimate of drug-likeness (QED) is 0.448. The van der Waals surface area contributed by atoms with E-state index in [1.165, 1.54) is 24.3 Å². The Morgan fingerprint density at radius 3 is 2.55 bits per heavy atom. The lowest BCUT2D eigenvalue weighted by atomic mass is 10.1.